The van der Waals surface area contributed by atoms with E-state index in [2.05, 4.69) is 5.32 Å². The number of anilines is 1. The van der Waals surface area contributed by atoms with E-state index in [0.29, 0.717) is 37.6 Å². The van der Waals surface area contributed by atoms with Crippen LogP contribution in [0, 0.1) is 11.3 Å². The number of esters is 1. The van der Waals surface area contributed by atoms with Crippen molar-refractivity contribution in [3.63, 3.8) is 0 Å². The first-order valence-corrected chi connectivity index (χ1v) is 7.67. The van der Waals surface area contributed by atoms with Gasteiger partial charge in [-0.1, -0.05) is 12.1 Å². The zero-order valence-electron chi connectivity index (χ0n) is 13.4. The van der Waals surface area contributed by atoms with Gasteiger partial charge in [-0.2, -0.15) is 5.26 Å². The highest BCUT2D eigenvalue weighted by molar-refractivity contribution is 5.99. The van der Waals surface area contributed by atoms with Gasteiger partial charge in [-0.15, -0.1) is 0 Å². The fraction of sp³-hybridized carbons (Fsp3) is 0.353. The topological polar surface area (TPSA) is 91.7 Å². The molecule has 24 heavy (non-hydrogen) atoms. The second kappa shape index (κ2) is 8.70. The van der Waals surface area contributed by atoms with Crippen LogP contribution in [0.15, 0.2) is 36.0 Å². The fourth-order valence-electron chi connectivity index (χ4n) is 2.22. The van der Waals surface area contributed by atoms with Gasteiger partial charge in [0.25, 0.3) is 5.91 Å². The molecule has 0 radical (unpaired) electrons. The maximum atomic E-state index is 12.3. The number of nitrogens with zero attached hydrogens (tertiary/aromatic N) is 2. The first-order valence-electron chi connectivity index (χ1n) is 7.67. The predicted octanol–water partition coefficient (Wildman–Crippen LogP) is 1.54. The summed E-state index contributed by atoms with van der Waals surface area (Å²) in [7, 11) is 0. The van der Waals surface area contributed by atoms with Gasteiger partial charge in [0.15, 0.2) is 0 Å². The largest absolute Gasteiger partial charge is 0.462 e. The molecule has 0 saturated carbocycles. The van der Waals surface area contributed by atoms with Crippen LogP contribution in [0.25, 0.3) is 0 Å². The molecule has 1 heterocycles. The molecule has 0 aromatic heterocycles. The number of nitriles is 1. The summed E-state index contributed by atoms with van der Waals surface area (Å²) in [6.07, 6.45) is 1.32. The van der Waals surface area contributed by atoms with Crippen molar-refractivity contribution < 1.29 is 19.1 Å². The van der Waals surface area contributed by atoms with Crippen LogP contribution in [0.3, 0.4) is 0 Å². The SMILES string of the molecule is CCOC(=O)c1ccccc1N/C=C(/C#N)C(=O)N1CCOCC1. The summed E-state index contributed by atoms with van der Waals surface area (Å²) < 4.78 is 10.2. The zero-order chi connectivity index (χ0) is 17.4. The molecule has 1 N–H and O–H groups in total. The lowest BCUT2D eigenvalue weighted by Crippen LogP contribution is -2.41. The Labute approximate surface area is 140 Å². The van der Waals surface area contributed by atoms with Crippen molar-refractivity contribution in [1.82, 2.24) is 4.90 Å². The summed E-state index contributed by atoms with van der Waals surface area (Å²) in [5, 5.41) is 12.1. The van der Waals surface area contributed by atoms with Crippen LogP contribution in [0.4, 0.5) is 5.69 Å². The number of amides is 1. The van der Waals surface area contributed by atoms with E-state index in [1.807, 2.05) is 6.07 Å². The molecule has 1 fully saturated rings. The Hall–Kier alpha value is -2.85. The molecule has 1 aliphatic rings. The second-order valence-electron chi connectivity index (χ2n) is 4.98. The normalized spacial score (nSPS) is 14.7. The lowest BCUT2D eigenvalue weighted by atomic mass is 10.1. The van der Waals surface area contributed by atoms with Gasteiger partial charge in [0, 0.05) is 19.3 Å². The quantitative estimate of drug-likeness (QED) is 0.500. The summed E-state index contributed by atoms with van der Waals surface area (Å²) in [5.74, 6) is -0.825. The van der Waals surface area contributed by atoms with Gasteiger partial charge in [0.05, 0.1) is 31.1 Å². The summed E-state index contributed by atoms with van der Waals surface area (Å²) in [6.45, 7) is 3.83. The number of carbonyl (C=O) groups is 2. The molecular weight excluding hydrogens is 310 g/mol. The Morgan fingerprint density at radius 3 is 2.75 bits per heavy atom. The van der Waals surface area contributed by atoms with Gasteiger partial charge in [-0.3, -0.25) is 4.79 Å². The van der Waals surface area contributed by atoms with Gasteiger partial charge in [0.2, 0.25) is 0 Å². The number of hydrogen-bond acceptors (Lipinski definition) is 6. The molecule has 126 valence electrons. The molecule has 0 atom stereocenters. The van der Waals surface area contributed by atoms with Gasteiger partial charge < -0.3 is 19.7 Å². The molecular formula is C17H19N3O4. The predicted molar refractivity (Wildman–Crippen MR) is 87.1 cm³/mol. The second-order valence-corrected chi connectivity index (χ2v) is 4.98. The van der Waals surface area contributed by atoms with E-state index in [1.165, 1.54) is 6.20 Å². The van der Waals surface area contributed by atoms with Gasteiger partial charge in [-0.05, 0) is 19.1 Å². The van der Waals surface area contributed by atoms with Gasteiger partial charge in [-0.25, -0.2) is 4.79 Å². The Bertz CT molecular complexity index is 673. The molecule has 0 aliphatic carbocycles. The Morgan fingerprint density at radius 2 is 2.08 bits per heavy atom. The third-order valence-corrected chi connectivity index (χ3v) is 3.44. The average Bonchev–Trinajstić information content (AvgIpc) is 2.63. The minimum absolute atomic E-state index is 0.0319. The monoisotopic (exact) mass is 329 g/mol. The van der Waals surface area contributed by atoms with Crippen molar-refractivity contribution >= 4 is 17.6 Å². The third-order valence-electron chi connectivity index (χ3n) is 3.44. The number of ether oxygens (including phenoxy) is 2. The maximum Gasteiger partial charge on any atom is 0.340 e. The average molecular weight is 329 g/mol. The highest BCUT2D eigenvalue weighted by Crippen LogP contribution is 2.17. The van der Waals surface area contributed by atoms with E-state index < -0.39 is 5.97 Å². The van der Waals surface area contributed by atoms with Crippen molar-refractivity contribution in [3.05, 3.63) is 41.6 Å². The smallest absolute Gasteiger partial charge is 0.340 e. The van der Waals surface area contributed by atoms with Crippen LogP contribution in [-0.2, 0) is 14.3 Å². The van der Waals surface area contributed by atoms with Gasteiger partial charge >= 0.3 is 5.97 Å². The number of rotatable bonds is 5. The van der Waals surface area contributed by atoms with Crippen molar-refractivity contribution in [2.45, 2.75) is 6.92 Å². The number of nitrogens with one attached hydrogen (secondary N) is 1. The van der Waals surface area contributed by atoms with Crippen LogP contribution >= 0.6 is 0 Å². The molecule has 7 nitrogen and oxygen atoms in total. The summed E-state index contributed by atoms with van der Waals surface area (Å²) >= 11 is 0. The van der Waals surface area contributed by atoms with Crippen LogP contribution < -0.4 is 5.32 Å². The zero-order valence-corrected chi connectivity index (χ0v) is 13.4. The first kappa shape index (κ1) is 17.5. The van der Waals surface area contributed by atoms with Crippen LogP contribution in [0.2, 0.25) is 0 Å². The van der Waals surface area contributed by atoms with E-state index >= 15 is 0 Å². The fourth-order valence-corrected chi connectivity index (χ4v) is 2.22. The van der Waals surface area contributed by atoms with Crippen molar-refractivity contribution in [2.75, 3.05) is 38.2 Å². The van der Waals surface area contributed by atoms with Gasteiger partial charge in [0.1, 0.15) is 11.6 Å². The Morgan fingerprint density at radius 1 is 1.38 bits per heavy atom. The maximum absolute atomic E-state index is 12.3. The van der Waals surface area contributed by atoms with E-state index in [4.69, 9.17) is 9.47 Å². The van der Waals surface area contributed by atoms with Crippen molar-refractivity contribution in [1.29, 1.82) is 5.26 Å². The number of benzene rings is 1. The molecule has 2 rings (SSSR count). The molecule has 1 aromatic carbocycles. The van der Waals surface area contributed by atoms with E-state index in [1.54, 1.807) is 36.1 Å². The van der Waals surface area contributed by atoms with E-state index in [0.717, 1.165) is 0 Å². The number of morpholine rings is 1. The third kappa shape index (κ3) is 4.33. The molecule has 1 amide bonds. The molecule has 1 aromatic rings. The molecule has 0 unspecified atom stereocenters. The Balaban J connectivity index is 2.14. The van der Waals surface area contributed by atoms with Crippen LogP contribution in [0.1, 0.15) is 17.3 Å². The van der Waals surface area contributed by atoms with E-state index in [-0.39, 0.29) is 18.1 Å². The summed E-state index contributed by atoms with van der Waals surface area (Å²) in [4.78, 5) is 25.8. The van der Waals surface area contributed by atoms with E-state index in [9.17, 15) is 14.9 Å². The van der Waals surface area contributed by atoms with Crippen LogP contribution in [0.5, 0.6) is 0 Å². The summed E-state index contributed by atoms with van der Waals surface area (Å²) in [5.41, 5.74) is 0.778. The van der Waals surface area contributed by atoms with Crippen molar-refractivity contribution in [2.24, 2.45) is 0 Å². The lowest BCUT2D eigenvalue weighted by molar-refractivity contribution is -0.130. The lowest BCUT2D eigenvalue weighted by Gasteiger charge is -2.26. The number of carbonyl (C=O) groups excluding carboxylic acids is 2. The van der Waals surface area contributed by atoms with Crippen molar-refractivity contribution in [3.8, 4) is 6.07 Å². The highest BCUT2D eigenvalue weighted by atomic mass is 16.5. The molecule has 1 saturated heterocycles. The standard InChI is InChI=1S/C17H19N3O4/c1-2-24-17(22)14-5-3-4-6-15(14)19-12-13(11-18)16(21)20-7-9-23-10-8-20/h3-6,12,19H,2,7-10H2,1H3/b13-12-. The molecule has 1 aliphatic heterocycles. The number of hydrogen-bond donors (Lipinski definition) is 1. The molecule has 0 bridgehead atoms. The molecule has 0 spiro atoms. The minimum atomic E-state index is -0.466. The first-order chi connectivity index (χ1) is 11.7. The summed E-state index contributed by atoms with van der Waals surface area (Å²) in [6, 6.07) is 8.64. The molecule has 7 heteroatoms. The van der Waals surface area contributed by atoms with Crippen LogP contribution in [-0.4, -0.2) is 49.7 Å². The number of para-hydroxylation sites is 1. The Kier molecular flexibility index (Phi) is 6.34. The highest BCUT2D eigenvalue weighted by Gasteiger charge is 2.20. The minimum Gasteiger partial charge on any atom is -0.462 e.